The molecule has 4 heteroatoms. The van der Waals surface area contributed by atoms with Crippen LogP contribution in [0.5, 0.6) is 5.75 Å². The van der Waals surface area contributed by atoms with Crippen molar-refractivity contribution in [1.82, 2.24) is 0 Å². The van der Waals surface area contributed by atoms with Gasteiger partial charge < -0.3 is 14.9 Å². The van der Waals surface area contributed by atoms with Gasteiger partial charge in [-0.05, 0) is 19.1 Å². The monoisotopic (exact) mass is 274 g/mol. The largest absolute Gasteiger partial charge is 0.493 e. The van der Waals surface area contributed by atoms with Gasteiger partial charge in [0.15, 0.2) is 0 Å². The number of aliphatic hydroxyl groups is 2. The molecule has 2 N–H and O–H groups in total. The number of rotatable bonds is 5. The molecule has 0 radical (unpaired) electrons. The first kappa shape index (κ1) is 12.5. The highest BCUT2D eigenvalue weighted by molar-refractivity contribution is 9.10. The second-order valence-corrected chi connectivity index (χ2v) is 4.20. The van der Waals surface area contributed by atoms with Crippen molar-refractivity contribution in [2.24, 2.45) is 0 Å². The van der Waals surface area contributed by atoms with Crippen LogP contribution in [0.1, 0.15) is 25.0 Å². The Morgan fingerprint density at radius 3 is 2.80 bits per heavy atom. The standard InChI is InChI=1S/C11H15BrO3/c1-8(14)10-4-3-9(12)7-11(10)15-6-2-5-13/h3-4,7-8,13-14H,2,5-6H2,1H3/t8-/m0/s1. The molecule has 0 aliphatic heterocycles. The molecule has 0 saturated heterocycles. The lowest BCUT2D eigenvalue weighted by atomic mass is 10.1. The third-order valence-electron chi connectivity index (χ3n) is 1.99. The molecule has 0 saturated carbocycles. The average molecular weight is 275 g/mol. The van der Waals surface area contributed by atoms with Crippen molar-refractivity contribution in [3.63, 3.8) is 0 Å². The maximum Gasteiger partial charge on any atom is 0.126 e. The maximum atomic E-state index is 9.51. The summed E-state index contributed by atoms with van der Waals surface area (Å²) in [5.41, 5.74) is 0.760. The molecule has 15 heavy (non-hydrogen) atoms. The summed E-state index contributed by atoms with van der Waals surface area (Å²) in [6.45, 7) is 2.26. The van der Waals surface area contributed by atoms with Gasteiger partial charge in [-0.15, -0.1) is 0 Å². The molecule has 0 amide bonds. The Morgan fingerprint density at radius 2 is 2.20 bits per heavy atom. The van der Waals surface area contributed by atoms with E-state index in [9.17, 15) is 5.11 Å². The van der Waals surface area contributed by atoms with Gasteiger partial charge >= 0.3 is 0 Å². The zero-order valence-corrected chi connectivity index (χ0v) is 10.2. The van der Waals surface area contributed by atoms with Crippen LogP contribution in [0.4, 0.5) is 0 Å². The van der Waals surface area contributed by atoms with Crippen LogP contribution < -0.4 is 4.74 Å². The molecule has 0 aromatic heterocycles. The van der Waals surface area contributed by atoms with Crippen molar-refractivity contribution in [2.45, 2.75) is 19.4 Å². The predicted octanol–water partition coefficient (Wildman–Crippen LogP) is 2.26. The molecule has 1 atom stereocenters. The molecule has 0 spiro atoms. The first-order valence-electron chi connectivity index (χ1n) is 4.86. The van der Waals surface area contributed by atoms with Crippen LogP contribution in [-0.2, 0) is 0 Å². The molecule has 0 aliphatic rings. The maximum absolute atomic E-state index is 9.51. The highest BCUT2D eigenvalue weighted by Gasteiger charge is 2.09. The summed E-state index contributed by atoms with van der Waals surface area (Å²) in [5.74, 6) is 0.660. The first-order valence-corrected chi connectivity index (χ1v) is 5.65. The Hall–Kier alpha value is -0.580. The number of aliphatic hydroxyl groups excluding tert-OH is 2. The van der Waals surface area contributed by atoms with Crippen LogP contribution in [0, 0.1) is 0 Å². The topological polar surface area (TPSA) is 49.7 Å². The summed E-state index contributed by atoms with van der Waals surface area (Å²) in [6.07, 6.45) is 0.0356. The van der Waals surface area contributed by atoms with Crippen molar-refractivity contribution in [3.05, 3.63) is 28.2 Å². The molecule has 1 aromatic rings. The van der Waals surface area contributed by atoms with Crippen molar-refractivity contribution in [2.75, 3.05) is 13.2 Å². The molecule has 1 aromatic carbocycles. The fraction of sp³-hybridized carbons (Fsp3) is 0.455. The quantitative estimate of drug-likeness (QED) is 0.810. The number of hydrogen-bond donors (Lipinski definition) is 2. The average Bonchev–Trinajstić information content (AvgIpc) is 2.18. The van der Waals surface area contributed by atoms with Crippen LogP contribution in [0.25, 0.3) is 0 Å². The molecule has 0 aliphatic carbocycles. The van der Waals surface area contributed by atoms with Crippen molar-refractivity contribution >= 4 is 15.9 Å². The van der Waals surface area contributed by atoms with Gasteiger partial charge in [-0.3, -0.25) is 0 Å². The van der Waals surface area contributed by atoms with Crippen molar-refractivity contribution < 1.29 is 14.9 Å². The first-order chi connectivity index (χ1) is 7.15. The highest BCUT2D eigenvalue weighted by atomic mass is 79.9. The fourth-order valence-electron chi connectivity index (χ4n) is 1.23. The van der Waals surface area contributed by atoms with Gasteiger partial charge in [0.2, 0.25) is 0 Å². The third-order valence-corrected chi connectivity index (χ3v) is 2.48. The van der Waals surface area contributed by atoms with Crippen LogP contribution in [-0.4, -0.2) is 23.4 Å². The molecule has 0 fully saturated rings. The molecular weight excluding hydrogens is 260 g/mol. The molecular formula is C11H15BrO3. The van der Waals surface area contributed by atoms with Crippen molar-refractivity contribution in [1.29, 1.82) is 0 Å². The van der Waals surface area contributed by atoms with E-state index in [1.54, 1.807) is 6.92 Å². The van der Waals surface area contributed by atoms with E-state index in [-0.39, 0.29) is 6.61 Å². The molecule has 3 nitrogen and oxygen atoms in total. The zero-order valence-electron chi connectivity index (χ0n) is 8.61. The summed E-state index contributed by atoms with van der Waals surface area (Å²) in [4.78, 5) is 0. The summed E-state index contributed by atoms with van der Waals surface area (Å²) >= 11 is 3.34. The Bertz CT molecular complexity index is 313. The molecule has 0 bridgehead atoms. The Morgan fingerprint density at radius 1 is 1.47 bits per heavy atom. The minimum absolute atomic E-state index is 0.109. The Balaban J connectivity index is 2.77. The van der Waals surface area contributed by atoms with E-state index < -0.39 is 6.10 Å². The molecule has 1 rings (SSSR count). The van der Waals surface area contributed by atoms with Gasteiger partial charge in [0.1, 0.15) is 5.75 Å². The minimum atomic E-state index is -0.553. The summed E-state index contributed by atoms with van der Waals surface area (Å²) in [7, 11) is 0. The van der Waals surface area contributed by atoms with E-state index in [0.717, 1.165) is 10.0 Å². The number of hydrogen-bond acceptors (Lipinski definition) is 3. The second kappa shape index (κ2) is 6.10. The number of ether oxygens (including phenoxy) is 1. The normalized spacial score (nSPS) is 12.5. The van der Waals surface area contributed by atoms with Gasteiger partial charge in [-0.25, -0.2) is 0 Å². The second-order valence-electron chi connectivity index (χ2n) is 3.28. The fourth-order valence-corrected chi connectivity index (χ4v) is 1.57. The summed E-state index contributed by atoms with van der Waals surface area (Å²) in [6, 6.07) is 5.50. The molecule has 0 unspecified atom stereocenters. The predicted molar refractivity (Wildman–Crippen MR) is 62.0 cm³/mol. The van der Waals surface area contributed by atoms with Crippen LogP contribution >= 0.6 is 15.9 Å². The van der Waals surface area contributed by atoms with Gasteiger partial charge in [0, 0.05) is 23.1 Å². The summed E-state index contributed by atoms with van der Waals surface area (Å²) < 4.78 is 6.38. The van der Waals surface area contributed by atoms with E-state index in [2.05, 4.69) is 15.9 Å². The van der Waals surface area contributed by atoms with Gasteiger partial charge in [-0.1, -0.05) is 22.0 Å². The van der Waals surface area contributed by atoms with Crippen LogP contribution in [0.15, 0.2) is 22.7 Å². The Kier molecular flexibility index (Phi) is 5.08. The lowest BCUT2D eigenvalue weighted by molar-refractivity contribution is 0.187. The van der Waals surface area contributed by atoms with Gasteiger partial charge in [0.05, 0.1) is 12.7 Å². The molecule has 0 heterocycles. The van der Waals surface area contributed by atoms with E-state index >= 15 is 0 Å². The zero-order chi connectivity index (χ0) is 11.3. The van der Waals surface area contributed by atoms with Crippen molar-refractivity contribution in [3.8, 4) is 5.75 Å². The lowest BCUT2D eigenvalue weighted by Crippen LogP contribution is -2.03. The van der Waals surface area contributed by atoms with E-state index in [4.69, 9.17) is 9.84 Å². The number of benzene rings is 1. The van der Waals surface area contributed by atoms with Gasteiger partial charge in [0.25, 0.3) is 0 Å². The SMILES string of the molecule is C[C@H](O)c1ccc(Br)cc1OCCCO. The van der Waals surface area contributed by atoms with Gasteiger partial charge in [-0.2, -0.15) is 0 Å². The van der Waals surface area contributed by atoms with Crippen LogP contribution in [0.3, 0.4) is 0 Å². The minimum Gasteiger partial charge on any atom is -0.493 e. The van der Waals surface area contributed by atoms with E-state index in [1.807, 2.05) is 18.2 Å². The number of halogens is 1. The Labute approximate surface area is 97.8 Å². The van der Waals surface area contributed by atoms with Crippen LogP contribution in [0.2, 0.25) is 0 Å². The highest BCUT2D eigenvalue weighted by Crippen LogP contribution is 2.28. The summed E-state index contributed by atoms with van der Waals surface area (Å²) in [5, 5.41) is 18.1. The van der Waals surface area contributed by atoms with E-state index in [1.165, 1.54) is 0 Å². The third kappa shape index (κ3) is 3.81. The smallest absolute Gasteiger partial charge is 0.126 e. The lowest BCUT2D eigenvalue weighted by Gasteiger charge is -2.13. The van der Waals surface area contributed by atoms with E-state index in [0.29, 0.717) is 18.8 Å². The molecule has 84 valence electrons.